The minimum absolute atomic E-state index is 0.264. The third-order valence-electron chi connectivity index (χ3n) is 3.80. The molecule has 2 amide bonds. The highest BCUT2D eigenvalue weighted by Crippen LogP contribution is 2.22. The van der Waals surface area contributed by atoms with Crippen LogP contribution in [-0.2, 0) is 24.2 Å². The van der Waals surface area contributed by atoms with Gasteiger partial charge in [0.1, 0.15) is 11.4 Å². The lowest BCUT2D eigenvalue weighted by molar-refractivity contribution is 0.0221. The number of fused-ring (bicyclic) bond motifs is 1. The molecule has 2 N–H and O–H groups in total. The van der Waals surface area contributed by atoms with Gasteiger partial charge in [-0.1, -0.05) is 0 Å². The fraction of sp³-hybridized carbons (Fsp3) is 0.471. The second kappa shape index (κ2) is 6.62. The number of H-pyrrole nitrogens is 1. The maximum Gasteiger partial charge on any atom is 0.410 e. The van der Waals surface area contributed by atoms with Crippen molar-refractivity contribution in [1.29, 1.82) is 0 Å². The molecule has 2 aromatic rings. The summed E-state index contributed by atoms with van der Waals surface area (Å²) in [7, 11) is 0. The Kier molecular flexibility index (Phi) is 4.52. The van der Waals surface area contributed by atoms with Crippen LogP contribution in [0.25, 0.3) is 0 Å². The van der Waals surface area contributed by atoms with E-state index in [0.717, 1.165) is 11.3 Å². The zero-order chi connectivity index (χ0) is 18.0. The van der Waals surface area contributed by atoms with Crippen LogP contribution in [0.1, 0.15) is 48.3 Å². The van der Waals surface area contributed by atoms with E-state index < -0.39 is 5.60 Å². The molecule has 2 aromatic heterocycles. The van der Waals surface area contributed by atoms with Gasteiger partial charge in [-0.05, 0) is 39.3 Å². The number of ether oxygens (including phenoxy) is 1. The largest absolute Gasteiger partial charge is 0.467 e. The summed E-state index contributed by atoms with van der Waals surface area (Å²) >= 11 is 0. The fourth-order valence-corrected chi connectivity index (χ4v) is 2.65. The van der Waals surface area contributed by atoms with Crippen molar-refractivity contribution < 1.29 is 18.7 Å². The summed E-state index contributed by atoms with van der Waals surface area (Å²) in [4.78, 5) is 26.1. The molecule has 0 spiro atoms. The molecule has 1 aliphatic heterocycles. The van der Waals surface area contributed by atoms with Crippen molar-refractivity contribution in [1.82, 2.24) is 20.4 Å². The molecule has 0 aromatic carbocycles. The van der Waals surface area contributed by atoms with Gasteiger partial charge in [0.25, 0.3) is 5.91 Å². The molecule has 0 atom stereocenters. The third-order valence-corrected chi connectivity index (χ3v) is 3.80. The number of furan rings is 1. The number of nitrogens with zero attached hydrogens (tertiary/aromatic N) is 2. The van der Waals surface area contributed by atoms with Gasteiger partial charge in [-0.3, -0.25) is 9.89 Å². The van der Waals surface area contributed by atoms with Crippen LogP contribution in [0.4, 0.5) is 4.79 Å². The SMILES string of the molecule is CC(C)(C)OC(=O)N1CCc2c(C(=O)NCc3ccco3)n[nH]c2C1. The van der Waals surface area contributed by atoms with Crippen LogP contribution in [0.2, 0.25) is 0 Å². The fourth-order valence-electron chi connectivity index (χ4n) is 2.65. The number of amides is 2. The van der Waals surface area contributed by atoms with Gasteiger partial charge in [0.15, 0.2) is 5.69 Å². The molecule has 8 heteroatoms. The van der Waals surface area contributed by atoms with Crippen LogP contribution >= 0.6 is 0 Å². The van der Waals surface area contributed by atoms with Gasteiger partial charge in [0, 0.05) is 12.1 Å². The highest BCUT2D eigenvalue weighted by Gasteiger charge is 2.29. The molecule has 0 radical (unpaired) electrons. The van der Waals surface area contributed by atoms with Gasteiger partial charge in [0.2, 0.25) is 0 Å². The van der Waals surface area contributed by atoms with E-state index in [4.69, 9.17) is 9.15 Å². The smallest absolute Gasteiger partial charge is 0.410 e. The maximum atomic E-state index is 12.3. The van der Waals surface area contributed by atoms with Gasteiger partial charge in [-0.15, -0.1) is 0 Å². The number of hydrogen-bond acceptors (Lipinski definition) is 5. The van der Waals surface area contributed by atoms with Crippen molar-refractivity contribution in [2.75, 3.05) is 6.54 Å². The van der Waals surface area contributed by atoms with Crippen LogP contribution in [0, 0.1) is 0 Å². The van der Waals surface area contributed by atoms with Crippen molar-refractivity contribution in [3.8, 4) is 0 Å². The topological polar surface area (TPSA) is 100 Å². The number of nitrogens with one attached hydrogen (secondary N) is 2. The summed E-state index contributed by atoms with van der Waals surface area (Å²) in [6.07, 6.45) is 1.74. The van der Waals surface area contributed by atoms with E-state index in [9.17, 15) is 9.59 Å². The Morgan fingerprint density at radius 3 is 2.92 bits per heavy atom. The Morgan fingerprint density at radius 1 is 1.44 bits per heavy atom. The van der Waals surface area contributed by atoms with E-state index in [2.05, 4.69) is 15.5 Å². The first kappa shape index (κ1) is 17.1. The standard InChI is InChI=1S/C17H22N4O4/c1-17(2,3)25-16(23)21-7-6-12-13(10-21)19-20-14(12)15(22)18-9-11-5-4-8-24-11/h4-5,8H,6-7,9-10H2,1-3H3,(H,18,22)(H,19,20). The molecule has 0 unspecified atom stereocenters. The molecule has 3 rings (SSSR count). The molecule has 1 aliphatic rings. The number of aromatic amines is 1. The van der Waals surface area contributed by atoms with Gasteiger partial charge in [-0.25, -0.2) is 4.79 Å². The van der Waals surface area contributed by atoms with E-state index in [1.54, 1.807) is 23.3 Å². The highest BCUT2D eigenvalue weighted by molar-refractivity contribution is 5.94. The second-order valence-electron chi connectivity index (χ2n) is 6.94. The summed E-state index contributed by atoms with van der Waals surface area (Å²) in [5.41, 5.74) is 1.44. The van der Waals surface area contributed by atoms with Crippen molar-refractivity contribution in [2.45, 2.75) is 45.9 Å². The van der Waals surface area contributed by atoms with Crippen LogP contribution in [-0.4, -0.2) is 39.2 Å². The monoisotopic (exact) mass is 346 g/mol. The Morgan fingerprint density at radius 2 is 2.24 bits per heavy atom. The third kappa shape index (κ3) is 4.01. The van der Waals surface area contributed by atoms with E-state index >= 15 is 0 Å². The first-order valence-corrected chi connectivity index (χ1v) is 8.18. The van der Waals surface area contributed by atoms with Crippen LogP contribution in [0.5, 0.6) is 0 Å². The normalized spacial score (nSPS) is 14.1. The lowest BCUT2D eigenvalue weighted by Gasteiger charge is -2.29. The number of carbonyl (C=O) groups excluding carboxylic acids is 2. The Labute approximate surface area is 145 Å². The molecular weight excluding hydrogens is 324 g/mol. The van der Waals surface area contributed by atoms with Gasteiger partial charge < -0.3 is 19.4 Å². The summed E-state index contributed by atoms with van der Waals surface area (Å²) in [6.45, 7) is 6.63. The average Bonchev–Trinajstić information content (AvgIpc) is 3.19. The minimum atomic E-state index is -0.539. The van der Waals surface area contributed by atoms with Crippen molar-refractivity contribution in [2.24, 2.45) is 0 Å². The molecule has 134 valence electrons. The molecule has 0 bridgehead atoms. The predicted octanol–water partition coefficient (Wildman–Crippen LogP) is 2.23. The number of hydrogen-bond donors (Lipinski definition) is 2. The second-order valence-corrected chi connectivity index (χ2v) is 6.94. The zero-order valence-electron chi connectivity index (χ0n) is 14.6. The molecular formula is C17H22N4O4. The van der Waals surface area contributed by atoms with E-state index in [1.165, 1.54) is 0 Å². The number of rotatable bonds is 3. The molecule has 0 saturated carbocycles. The first-order chi connectivity index (χ1) is 11.8. The first-order valence-electron chi connectivity index (χ1n) is 8.18. The quantitative estimate of drug-likeness (QED) is 0.887. The number of carbonyl (C=O) groups is 2. The summed E-state index contributed by atoms with van der Waals surface area (Å²) in [6, 6.07) is 3.56. The molecule has 0 saturated heterocycles. The lowest BCUT2D eigenvalue weighted by atomic mass is 10.0. The Hall–Kier alpha value is -2.77. The minimum Gasteiger partial charge on any atom is -0.467 e. The molecule has 0 fully saturated rings. The van der Waals surface area contributed by atoms with Gasteiger partial charge in [0.05, 0.1) is 25.0 Å². The van der Waals surface area contributed by atoms with Gasteiger partial charge >= 0.3 is 6.09 Å². The number of aromatic nitrogens is 2. The van der Waals surface area contributed by atoms with Crippen molar-refractivity contribution in [3.05, 3.63) is 41.1 Å². The lowest BCUT2D eigenvalue weighted by Crippen LogP contribution is -2.40. The van der Waals surface area contributed by atoms with E-state index in [-0.39, 0.29) is 12.0 Å². The maximum absolute atomic E-state index is 12.3. The summed E-state index contributed by atoms with van der Waals surface area (Å²) in [5, 5.41) is 9.77. The predicted molar refractivity (Wildman–Crippen MR) is 88.8 cm³/mol. The summed E-state index contributed by atoms with van der Waals surface area (Å²) < 4.78 is 10.6. The molecule has 8 nitrogen and oxygen atoms in total. The van der Waals surface area contributed by atoms with Crippen molar-refractivity contribution in [3.63, 3.8) is 0 Å². The Bertz CT molecular complexity index is 758. The van der Waals surface area contributed by atoms with E-state index in [1.807, 2.05) is 20.8 Å². The molecule has 25 heavy (non-hydrogen) atoms. The van der Waals surface area contributed by atoms with E-state index in [0.29, 0.717) is 37.5 Å². The summed E-state index contributed by atoms with van der Waals surface area (Å²) in [5.74, 6) is 0.411. The van der Waals surface area contributed by atoms with Gasteiger partial charge in [-0.2, -0.15) is 5.10 Å². The van der Waals surface area contributed by atoms with Crippen LogP contribution in [0.3, 0.4) is 0 Å². The zero-order valence-corrected chi connectivity index (χ0v) is 14.6. The van der Waals surface area contributed by atoms with Crippen LogP contribution in [0.15, 0.2) is 22.8 Å². The van der Waals surface area contributed by atoms with Crippen LogP contribution < -0.4 is 5.32 Å². The molecule has 3 heterocycles. The Balaban J connectivity index is 1.64. The van der Waals surface area contributed by atoms with Crippen molar-refractivity contribution >= 4 is 12.0 Å². The molecule has 0 aliphatic carbocycles. The highest BCUT2D eigenvalue weighted by atomic mass is 16.6. The average molecular weight is 346 g/mol.